The van der Waals surface area contributed by atoms with Gasteiger partial charge < -0.3 is 15.3 Å². The Morgan fingerprint density at radius 2 is 1.96 bits per heavy atom. The molecule has 1 aliphatic carbocycles. The van der Waals surface area contributed by atoms with Gasteiger partial charge in [0.15, 0.2) is 0 Å². The van der Waals surface area contributed by atoms with E-state index in [2.05, 4.69) is 11.9 Å². The number of likely N-dealkylation sites (tertiary alicyclic amines) is 1. The van der Waals surface area contributed by atoms with E-state index in [9.17, 15) is 14.7 Å². The van der Waals surface area contributed by atoms with Crippen LogP contribution < -0.4 is 5.32 Å². The molecule has 1 aliphatic heterocycles. The van der Waals surface area contributed by atoms with Crippen molar-refractivity contribution in [3.63, 3.8) is 0 Å². The number of hydrogen-bond acceptors (Lipinski definition) is 2. The Kier molecular flexibility index (Phi) is 6.93. The molecule has 0 aromatic heterocycles. The Morgan fingerprint density at radius 3 is 2.61 bits per heavy atom. The van der Waals surface area contributed by atoms with E-state index in [0.29, 0.717) is 5.92 Å². The van der Waals surface area contributed by atoms with E-state index in [1.165, 1.54) is 6.42 Å². The predicted molar refractivity (Wildman–Crippen MR) is 90.3 cm³/mol. The molecule has 1 heterocycles. The highest BCUT2D eigenvalue weighted by Gasteiger charge is 2.33. The summed E-state index contributed by atoms with van der Waals surface area (Å²) in [5.74, 6) is -0.317. The lowest BCUT2D eigenvalue weighted by atomic mass is 9.84. The van der Waals surface area contributed by atoms with Crippen molar-refractivity contribution < 1.29 is 14.7 Å². The van der Waals surface area contributed by atoms with Gasteiger partial charge in [0.05, 0.1) is 0 Å². The average molecular weight is 322 g/mol. The molecular weight excluding hydrogens is 292 g/mol. The fraction of sp³-hybridized carbons (Fsp3) is 0.778. The zero-order valence-electron chi connectivity index (χ0n) is 14.0. The number of amides is 2. The largest absolute Gasteiger partial charge is 0.480 e. The van der Waals surface area contributed by atoms with Gasteiger partial charge in [-0.05, 0) is 50.4 Å². The Labute approximate surface area is 139 Å². The Morgan fingerprint density at radius 1 is 1.22 bits per heavy atom. The number of carbonyl (C=O) groups excluding carboxylic acids is 1. The van der Waals surface area contributed by atoms with E-state index in [-0.39, 0.29) is 11.9 Å². The van der Waals surface area contributed by atoms with E-state index in [1.54, 1.807) is 4.90 Å². The molecular formula is C18H30N2O3. The van der Waals surface area contributed by atoms with Crippen molar-refractivity contribution in [1.82, 2.24) is 10.2 Å². The van der Waals surface area contributed by atoms with E-state index >= 15 is 0 Å². The van der Waals surface area contributed by atoms with Crippen molar-refractivity contribution in [1.29, 1.82) is 0 Å². The van der Waals surface area contributed by atoms with Crippen molar-refractivity contribution in [2.75, 3.05) is 13.1 Å². The van der Waals surface area contributed by atoms with E-state index in [0.717, 1.165) is 64.5 Å². The normalized spacial score (nSPS) is 24.0. The van der Waals surface area contributed by atoms with Gasteiger partial charge in [0.1, 0.15) is 6.04 Å². The first-order valence-electron chi connectivity index (χ1n) is 9.01. The minimum absolute atomic E-state index is 0.0755. The number of rotatable bonds is 6. The first-order chi connectivity index (χ1) is 11.1. The van der Waals surface area contributed by atoms with Crippen LogP contribution in [-0.4, -0.2) is 41.1 Å². The molecule has 0 spiro atoms. The maximum absolute atomic E-state index is 12.5. The quantitative estimate of drug-likeness (QED) is 0.736. The monoisotopic (exact) mass is 322 g/mol. The number of carbonyl (C=O) groups is 2. The molecule has 130 valence electrons. The molecule has 1 saturated carbocycles. The lowest BCUT2D eigenvalue weighted by Crippen LogP contribution is -2.53. The molecule has 0 aromatic rings. The second-order valence-corrected chi connectivity index (χ2v) is 6.98. The lowest BCUT2D eigenvalue weighted by molar-refractivity contribution is -0.141. The minimum Gasteiger partial charge on any atom is -0.480 e. The fourth-order valence-electron chi connectivity index (χ4n) is 3.91. The van der Waals surface area contributed by atoms with Crippen molar-refractivity contribution in [3.8, 4) is 0 Å². The molecule has 2 atom stereocenters. The molecule has 0 aromatic carbocycles. The van der Waals surface area contributed by atoms with Crippen LogP contribution in [0.1, 0.15) is 57.8 Å². The first kappa shape index (κ1) is 17.8. The molecule has 5 heteroatoms. The predicted octanol–water partition coefficient (Wildman–Crippen LogP) is 3.41. The second-order valence-electron chi connectivity index (χ2n) is 6.98. The van der Waals surface area contributed by atoms with Crippen molar-refractivity contribution in [3.05, 3.63) is 12.7 Å². The highest BCUT2D eigenvalue weighted by atomic mass is 16.4. The number of nitrogens with one attached hydrogen (secondary N) is 1. The van der Waals surface area contributed by atoms with Gasteiger partial charge in [-0.15, -0.1) is 6.58 Å². The SMILES string of the molecule is C=CCCC1CCCN(C(=O)NC(C(=O)O)C2CCCCC2)C1. The molecule has 2 N–H and O–H groups in total. The molecule has 2 aliphatic rings. The van der Waals surface area contributed by atoms with Crippen LogP contribution in [0.15, 0.2) is 12.7 Å². The zero-order valence-corrected chi connectivity index (χ0v) is 14.0. The maximum atomic E-state index is 12.5. The average Bonchev–Trinajstić information content (AvgIpc) is 2.58. The maximum Gasteiger partial charge on any atom is 0.326 e. The summed E-state index contributed by atoms with van der Waals surface area (Å²) in [6.45, 7) is 5.21. The van der Waals surface area contributed by atoms with Gasteiger partial charge in [-0.2, -0.15) is 0 Å². The van der Waals surface area contributed by atoms with Crippen LogP contribution in [0.25, 0.3) is 0 Å². The topological polar surface area (TPSA) is 69.6 Å². The Bertz CT molecular complexity index is 418. The third-order valence-electron chi connectivity index (χ3n) is 5.25. The summed E-state index contributed by atoms with van der Waals surface area (Å²) in [5.41, 5.74) is 0. The van der Waals surface area contributed by atoms with Crippen LogP contribution in [0.4, 0.5) is 4.79 Å². The first-order valence-corrected chi connectivity index (χ1v) is 9.01. The molecule has 0 bridgehead atoms. The lowest BCUT2D eigenvalue weighted by Gasteiger charge is -2.35. The summed E-state index contributed by atoms with van der Waals surface area (Å²) in [6.07, 6.45) is 11.2. The molecule has 23 heavy (non-hydrogen) atoms. The smallest absolute Gasteiger partial charge is 0.326 e. The summed E-state index contributed by atoms with van der Waals surface area (Å²) in [4.78, 5) is 25.9. The van der Waals surface area contributed by atoms with Gasteiger partial charge in [0, 0.05) is 13.1 Å². The van der Waals surface area contributed by atoms with Crippen LogP contribution in [-0.2, 0) is 4.79 Å². The number of hydrogen-bond donors (Lipinski definition) is 2. The van der Waals surface area contributed by atoms with Crippen LogP contribution in [0, 0.1) is 11.8 Å². The molecule has 0 radical (unpaired) electrons. The van der Waals surface area contributed by atoms with E-state index in [1.807, 2.05) is 6.08 Å². The zero-order chi connectivity index (χ0) is 16.7. The van der Waals surface area contributed by atoms with Crippen molar-refractivity contribution in [2.24, 2.45) is 11.8 Å². The number of piperidine rings is 1. The standard InChI is InChI=1S/C18H30N2O3/c1-2-3-8-14-9-7-12-20(13-14)18(23)19-16(17(21)22)15-10-5-4-6-11-15/h2,14-16H,1,3-13H2,(H,19,23)(H,21,22). The summed E-state index contributed by atoms with van der Waals surface area (Å²) in [5, 5.41) is 12.3. The Hall–Kier alpha value is -1.52. The second kappa shape index (κ2) is 8.94. The number of carboxylic acid groups (broad SMARTS) is 1. The summed E-state index contributed by atoms with van der Waals surface area (Å²) < 4.78 is 0. The third-order valence-corrected chi connectivity index (χ3v) is 5.25. The number of carboxylic acids is 1. The number of urea groups is 1. The summed E-state index contributed by atoms with van der Waals surface area (Å²) in [6, 6.07) is -0.942. The minimum atomic E-state index is -0.898. The molecule has 2 amide bonds. The van der Waals surface area contributed by atoms with Crippen LogP contribution in [0.5, 0.6) is 0 Å². The van der Waals surface area contributed by atoms with Crippen molar-refractivity contribution in [2.45, 2.75) is 63.8 Å². The van der Waals surface area contributed by atoms with Gasteiger partial charge in [-0.3, -0.25) is 0 Å². The van der Waals surface area contributed by atoms with E-state index < -0.39 is 12.0 Å². The molecule has 2 rings (SSSR count). The van der Waals surface area contributed by atoms with Crippen LogP contribution >= 0.6 is 0 Å². The number of aliphatic carboxylic acids is 1. The molecule has 1 saturated heterocycles. The number of nitrogens with zero attached hydrogens (tertiary/aromatic N) is 1. The van der Waals surface area contributed by atoms with Gasteiger partial charge >= 0.3 is 12.0 Å². The summed E-state index contributed by atoms with van der Waals surface area (Å²) in [7, 11) is 0. The number of allylic oxidation sites excluding steroid dienone is 1. The van der Waals surface area contributed by atoms with E-state index in [4.69, 9.17) is 0 Å². The van der Waals surface area contributed by atoms with Crippen LogP contribution in [0.2, 0.25) is 0 Å². The molecule has 2 unspecified atom stereocenters. The summed E-state index contributed by atoms with van der Waals surface area (Å²) >= 11 is 0. The molecule has 2 fully saturated rings. The van der Waals surface area contributed by atoms with Gasteiger partial charge in [0.25, 0.3) is 0 Å². The van der Waals surface area contributed by atoms with Crippen LogP contribution in [0.3, 0.4) is 0 Å². The highest BCUT2D eigenvalue weighted by Crippen LogP contribution is 2.27. The highest BCUT2D eigenvalue weighted by molar-refractivity contribution is 5.82. The molecule has 5 nitrogen and oxygen atoms in total. The fourth-order valence-corrected chi connectivity index (χ4v) is 3.91. The van der Waals surface area contributed by atoms with Gasteiger partial charge in [-0.1, -0.05) is 25.3 Å². The third kappa shape index (κ3) is 5.26. The Balaban J connectivity index is 1.89. The van der Waals surface area contributed by atoms with Crippen molar-refractivity contribution >= 4 is 12.0 Å². The van der Waals surface area contributed by atoms with Gasteiger partial charge in [0.2, 0.25) is 0 Å². The van der Waals surface area contributed by atoms with Gasteiger partial charge in [-0.25, -0.2) is 9.59 Å².